The van der Waals surface area contributed by atoms with Crippen LogP contribution >= 0.6 is 11.6 Å². The number of carbonyl (C=O) groups is 1. The SMILES string of the molecule is Cc1oc2ncnc(NC3(C)CC3)c2c1C(=O)NCc1cc(Cl)cc(F)c1F. The Morgan fingerprint density at radius 1 is 1.32 bits per heavy atom. The number of halogens is 3. The van der Waals surface area contributed by atoms with Crippen molar-refractivity contribution in [1.82, 2.24) is 15.3 Å². The Bertz CT molecular complexity index is 1100. The van der Waals surface area contributed by atoms with Gasteiger partial charge in [-0.1, -0.05) is 11.6 Å². The van der Waals surface area contributed by atoms with E-state index in [1.165, 1.54) is 12.4 Å². The number of anilines is 1. The highest BCUT2D eigenvalue weighted by molar-refractivity contribution is 6.30. The Morgan fingerprint density at radius 2 is 2.07 bits per heavy atom. The molecule has 1 saturated carbocycles. The van der Waals surface area contributed by atoms with E-state index >= 15 is 0 Å². The van der Waals surface area contributed by atoms with Gasteiger partial charge in [0.25, 0.3) is 5.91 Å². The lowest BCUT2D eigenvalue weighted by Gasteiger charge is -2.13. The Labute approximate surface area is 164 Å². The minimum absolute atomic E-state index is 0.0469. The van der Waals surface area contributed by atoms with E-state index in [1.54, 1.807) is 6.92 Å². The van der Waals surface area contributed by atoms with Crippen molar-refractivity contribution >= 4 is 34.4 Å². The number of carbonyl (C=O) groups excluding carboxylic acids is 1. The highest BCUT2D eigenvalue weighted by atomic mass is 35.5. The molecule has 4 rings (SSSR count). The average molecular weight is 407 g/mol. The molecular formula is C19H17ClF2N4O2. The van der Waals surface area contributed by atoms with E-state index in [2.05, 4.69) is 27.5 Å². The maximum atomic E-state index is 13.9. The van der Waals surface area contributed by atoms with Crippen LogP contribution in [0.25, 0.3) is 11.1 Å². The van der Waals surface area contributed by atoms with Gasteiger partial charge in [-0.15, -0.1) is 0 Å². The first-order chi connectivity index (χ1) is 13.3. The molecule has 0 spiro atoms. The van der Waals surface area contributed by atoms with Crippen LogP contribution in [-0.4, -0.2) is 21.4 Å². The van der Waals surface area contributed by atoms with Gasteiger partial charge in [0, 0.05) is 22.7 Å². The van der Waals surface area contributed by atoms with Gasteiger partial charge in [0.05, 0.1) is 10.9 Å². The van der Waals surface area contributed by atoms with Gasteiger partial charge in [-0.05, 0) is 38.8 Å². The van der Waals surface area contributed by atoms with Crippen molar-refractivity contribution in [2.75, 3.05) is 5.32 Å². The van der Waals surface area contributed by atoms with Gasteiger partial charge in [0.1, 0.15) is 17.9 Å². The maximum absolute atomic E-state index is 13.9. The number of nitrogens with zero attached hydrogens (tertiary/aromatic N) is 2. The molecule has 1 amide bonds. The van der Waals surface area contributed by atoms with Gasteiger partial charge in [0.15, 0.2) is 11.6 Å². The number of rotatable bonds is 5. The Kier molecular flexibility index (Phi) is 4.45. The molecular weight excluding hydrogens is 390 g/mol. The number of amides is 1. The van der Waals surface area contributed by atoms with Gasteiger partial charge in [-0.25, -0.2) is 18.7 Å². The number of benzene rings is 1. The van der Waals surface area contributed by atoms with Gasteiger partial charge in [0.2, 0.25) is 5.71 Å². The highest BCUT2D eigenvalue weighted by Crippen LogP contribution is 2.40. The van der Waals surface area contributed by atoms with Crippen LogP contribution in [0.1, 0.15) is 41.4 Å². The summed E-state index contributed by atoms with van der Waals surface area (Å²) in [5.41, 5.74) is 0.417. The number of hydrogen-bond acceptors (Lipinski definition) is 5. The molecule has 1 aliphatic rings. The van der Waals surface area contributed by atoms with Crippen molar-refractivity contribution in [3.63, 3.8) is 0 Å². The largest absolute Gasteiger partial charge is 0.442 e. The van der Waals surface area contributed by atoms with Gasteiger partial charge >= 0.3 is 0 Å². The molecule has 1 aliphatic carbocycles. The van der Waals surface area contributed by atoms with E-state index in [-0.39, 0.29) is 33.9 Å². The van der Waals surface area contributed by atoms with E-state index in [0.29, 0.717) is 17.0 Å². The lowest BCUT2D eigenvalue weighted by molar-refractivity contribution is 0.0950. The van der Waals surface area contributed by atoms with Crippen LogP contribution in [-0.2, 0) is 6.54 Å². The molecule has 0 saturated heterocycles. The quantitative estimate of drug-likeness (QED) is 0.615. The molecule has 0 radical (unpaired) electrons. The normalized spacial score (nSPS) is 14.9. The number of furan rings is 1. The molecule has 2 aromatic heterocycles. The van der Waals surface area contributed by atoms with E-state index < -0.39 is 17.5 Å². The summed E-state index contributed by atoms with van der Waals surface area (Å²) in [4.78, 5) is 21.2. The Morgan fingerprint density at radius 3 is 2.79 bits per heavy atom. The predicted octanol–water partition coefficient (Wildman–Crippen LogP) is 4.36. The standard InChI is InChI=1S/C19H17ClF2N4O2/c1-9-13(17(27)23-7-10-5-11(20)6-12(21)15(10)22)14-16(26-19(2)3-4-19)24-8-25-18(14)28-9/h5-6,8H,3-4,7H2,1-2H3,(H,23,27)(H,24,25,26). The summed E-state index contributed by atoms with van der Waals surface area (Å²) in [6, 6.07) is 2.15. The minimum atomic E-state index is -1.07. The lowest BCUT2D eigenvalue weighted by atomic mass is 10.1. The summed E-state index contributed by atoms with van der Waals surface area (Å²) >= 11 is 5.77. The molecule has 0 bridgehead atoms. The monoisotopic (exact) mass is 406 g/mol. The van der Waals surface area contributed by atoms with Crippen molar-refractivity contribution in [1.29, 1.82) is 0 Å². The van der Waals surface area contributed by atoms with Gasteiger partial charge in [-0.3, -0.25) is 4.79 Å². The zero-order valence-electron chi connectivity index (χ0n) is 15.2. The van der Waals surface area contributed by atoms with Crippen molar-refractivity contribution in [3.05, 3.63) is 52.0 Å². The van der Waals surface area contributed by atoms with Crippen molar-refractivity contribution in [3.8, 4) is 0 Å². The smallest absolute Gasteiger partial charge is 0.255 e. The summed E-state index contributed by atoms with van der Waals surface area (Å²) in [6.45, 7) is 3.46. The van der Waals surface area contributed by atoms with Crippen molar-refractivity contribution in [2.45, 2.75) is 38.8 Å². The van der Waals surface area contributed by atoms with E-state index in [9.17, 15) is 13.6 Å². The van der Waals surface area contributed by atoms with Crippen LogP contribution < -0.4 is 10.6 Å². The van der Waals surface area contributed by atoms with Crippen LogP contribution in [0.4, 0.5) is 14.6 Å². The second-order valence-corrected chi connectivity index (χ2v) is 7.60. The molecule has 1 aromatic carbocycles. The van der Waals surface area contributed by atoms with Crippen LogP contribution in [0.2, 0.25) is 5.02 Å². The first-order valence-electron chi connectivity index (χ1n) is 8.71. The van der Waals surface area contributed by atoms with Crippen molar-refractivity contribution < 1.29 is 18.0 Å². The average Bonchev–Trinajstić information content (AvgIpc) is 3.25. The van der Waals surface area contributed by atoms with Crippen molar-refractivity contribution in [2.24, 2.45) is 0 Å². The summed E-state index contributed by atoms with van der Waals surface area (Å²) in [5, 5.41) is 6.42. The van der Waals surface area contributed by atoms with E-state index in [0.717, 1.165) is 18.9 Å². The molecule has 0 unspecified atom stereocenters. The maximum Gasteiger partial charge on any atom is 0.255 e. The number of aryl methyl sites for hydroxylation is 1. The molecule has 2 heterocycles. The molecule has 6 nitrogen and oxygen atoms in total. The van der Waals surface area contributed by atoms with Crippen LogP contribution in [0, 0.1) is 18.6 Å². The first-order valence-corrected chi connectivity index (χ1v) is 9.09. The number of fused-ring (bicyclic) bond motifs is 1. The fourth-order valence-corrected chi connectivity index (χ4v) is 3.24. The third kappa shape index (κ3) is 3.40. The summed E-state index contributed by atoms with van der Waals surface area (Å²) in [7, 11) is 0. The third-order valence-corrected chi connectivity index (χ3v) is 5.04. The van der Waals surface area contributed by atoms with Crippen LogP contribution in [0.5, 0.6) is 0 Å². The summed E-state index contributed by atoms with van der Waals surface area (Å²) in [5.74, 6) is -1.76. The second-order valence-electron chi connectivity index (χ2n) is 7.16. The topological polar surface area (TPSA) is 80.1 Å². The predicted molar refractivity (Wildman–Crippen MR) is 100 cm³/mol. The molecule has 0 atom stereocenters. The molecule has 0 aliphatic heterocycles. The summed E-state index contributed by atoms with van der Waals surface area (Å²) in [6.07, 6.45) is 3.36. The van der Waals surface area contributed by atoms with Crippen LogP contribution in [0.3, 0.4) is 0 Å². The molecule has 28 heavy (non-hydrogen) atoms. The minimum Gasteiger partial charge on any atom is -0.442 e. The number of hydrogen-bond donors (Lipinski definition) is 2. The Hall–Kier alpha value is -2.74. The third-order valence-electron chi connectivity index (χ3n) is 4.82. The number of nitrogens with one attached hydrogen (secondary N) is 2. The molecule has 146 valence electrons. The van der Waals surface area contributed by atoms with Crippen LogP contribution in [0.15, 0.2) is 22.9 Å². The molecule has 3 aromatic rings. The van der Waals surface area contributed by atoms with E-state index in [1.807, 2.05) is 0 Å². The molecule has 2 N–H and O–H groups in total. The number of aromatic nitrogens is 2. The fourth-order valence-electron chi connectivity index (χ4n) is 3.01. The van der Waals surface area contributed by atoms with E-state index in [4.69, 9.17) is 16.0 Å². The fraction of sp³-hybridized carbons (Fsp3) is 0.316. The lowest BCUT2D eigenvalue weighted by Crippen LogP contribution is -2.24. The van der Waals surface area contributed by atoms with Gasteiger partial charge in [-0.2, -0.15) is 0 Å². The zero-order valence-corrected chi connectivity index (χ0v) is 16.0. The highest BCUT2D eigenvalue weighted by Gasteiger charge is 2.38. The second kappa shape index (κ2) is 6.70. The molecule has 9 heteroatoms. The Balaban J connectivity index is 1.65. The zero-order chi connectivity index (χ0) is 20.1. The molecule has 1 fully saturated rings. The summed E-state index contributed by atoms with van der Waals surface area (Å²) < 4.78 is 33.0. The first kappa shape index (κ1) is 18.6. The van der Waals surface area contributed by atoms with Gasteiger partial charge < -0.3 is 15.1 Å².